The first-order valence-electron chi connectivity index (χ1n) is 8.35. The Balaban J connectivity index is 1.72. The molecular weight excluding hydrogens is 302 g/mol. The maximum absolute atomic E-state index is 12.0. The molecular formula is C19H27N3O2. The number of aliphatic hydroxyl groups excluding tert-OH is 1. The third kappa shape index (κ3) is 5.13. The number of carbonyl (C=O) groups is 1. The van der Waals surface area contributed by atoms with Crippen molar-refractivity contribution in [2.45, 2.75) is 38.8 Å². The van der Waals surface area contributed by atoms with Crippen LogP contribution in [0.5, 0.6) is 0 Å². The first-order chi connectivity index (χ1) is 11.5. The molecule has 3 N–H and O–H groups in total. The highest BCUT2D eigenvalue weighted by Gasteiger charge is 2.13. The summed E-state index contributed by atoms with van der Waals surface area (Å²) in [6, 6.07) is 11.6. The summed E-state index contributed by atoms with van der Waals surface area (Å²) in [5, 5.41) is 15.8. The maximum atomic E-state index is 12.0. The quantitative estimate of drug-likeness (QED) is 0.731. The van der Waals surface area contributed by atoms with E-state index in [-0.39, 0.29) is 18.6 Å². The Kier molecular flexibility index (Phi) is 6.44. The van der Waals surface area contributed by atoms with Gasteiger partial charge in [-0.3, -0.25) is 0 Å². The summed E-state index contributed by atoms with van der Waals surface area (Å²) in [6.45, 7) is 4.13. The maximum Gasteiger partial charge on any atom is 0.315 e. The van der Waals surface area contributed by atoms with Crippen LogP contribution in [-0.2, 0) is 13.5 Å². The molecule has 0 radical (unpaired) electrons. The average molecular weight is 329 g/mol. The number of aliphatic hydroxyl groups is 1. The molecule has 130 valence electrons. The van der Waals surface area contributed by atoms with E-state index >= 15 is 0 Å². The van der Waals surface area contributed by atoms with Gasteiger partial charge in [0.25, 0.3) is 0 Å². The van der Waals surface area contributed by atoms with Gasteiger partial charge in [-0.05, 0) is 49.9 Å². The summed E-state index contributed by atoms with van der Waals surface area (Å²) >= 11 is 0. The topological polar surface area (TPSA) is 66.3 Å². The van der Waals surface area contributed by atoms with Gasteiger partial charge in [0, 0.05) is 31.5 Å². The molecule has 0 aliphatic carbocycles. The van der Waals surface area contributed by atoms with Crippen molar-refractivity contribution >= 4 is 6.03 Å². The minimum atomic E-state index is -0.698. The van der Waals surface area contributed by atoms with Gasteiger partial charge in [-0.2, -0.15) is 0 Å². The molecule has 2 rings (SSSR count). The fraction of sp³-hybridized carbons (Fsp3) is 0.421. The SMILES string of the molecule is Cc1ccccc1C(O)CNC(=O)NC(C)CCc1cccn1C. The lowest BCUT2D eigenvalue weighted by Crippen LogP contribution is -2.42. The van der Waals surface area contributed by atoms with Crippen LogP contribution in [0.25, 0.3) is 0 Å². The van der Waals surface area contributed by atoms with E-state index in [0.717, 1.165) is 24.0 Å². The molecule has 1 heterocycles. The van der Waals surface area contributed by atoms with E-state index in [4.69, 9.17) is 0 Å². The van der Waals surface area contributed by atoms with E-state index in [1.165, 1.54) is 5.69 Å². The predicted molar refractivity (Wildman–Crippen MR) is 95.9 cm³/mol. The van der Waals surface area contributed by atoms with Crippen molar-refractivity contribution in [1.29, 1.82) is 0 Å². The third-order valence-corrected chi connectivity index (χ3v) is 4.27. The Labute approximate surface area is 143 Å². The van der Waals surface area contributed by atoms with Gasteiger partial charge < -0.3 is 20.3 Å². The molecule has 2 aromatic rings. The zero-order valence-electron chi connectivity index (χ0n) is 14.6. The first kappa shape index (κ1) is 18.1. The number of rotatable bonds is 7. The van der Waals surface area contributed by atoms with Crippen LogP contribution in [-0.4, -0.2) is 28.3 Å². The van der Waals surface area contributed by atoms with E-state index < -0.39 is 6.10 Å². The number of nitrogens with zero attached hydrogens (tertiary/aromatic N) is 1. The van der Waals surface area contributed by atoms with Gasteiger partial charge in [0.2, 0.25) is 0 Å². The van der Waals surface area contributed by atoms with Crippen LogP contribution in [0, 0.1) is 6.92 Å². The summed E-state index contributed by atoms with van der Waals surface area (Å²) in [6.07, 6.45) is 3.10. The summed E-state index contributed by atoms with van der Waals surface area (Å²) in [5.41, 5.74) is 3.11. The molecule has 0 aliphatic heterocycles. The van der Waals surface area contributed by atoms with Crippen molar-refractivity contribution in [3.05, 3.63) is 59.4 Å². The van der Waals surface area contributed by atoms with Gasteiger partial charge in [-0.1, -0.05) is 24.3 Å². The van der Waals surface area contributed by atoms with Gasteiger partial charge in [0.05, 0.1) is 6.10 Å². The van der Waals surface area contributed by atoms with Crippen LogP contribution >= 0.6 is 0 Å². The summed E-state index contributed by atoms with van der Waals surface area (Å²) in [5.74, 6) is 0. The molecule has 0 bridgehead atoms. The molecule has 1 aromatic heterocycles. The molecule has 24 heavy (non-hydrogen) atoms. The molecule has 0 saturated heterocycles. The number of carbonyl (C=O) groups excluding carboxylic acids is 1. The van der Waals surface area contributed by atoms with Crippen molar-refractivity contribution in [3.63, 3.8) is 0 Å². The van der Waals surface area contributed by atoms with E-state index in [9.17, 15) is 9.90 Å². The molecule has 5 nitrogen and oxygen atoms in total. The normalized spacial score (nSPS) is 13.3. The Morgan fingerprint density at radius 1 is 1.25 bits per heavy atom. The van der Waals surface area contributed by atoms with Gasteiger partial charge >= 0.3 is 6.03 Å². The Morgan fingerprint density at radius 3 is 2.67 bits per heavy atom. The van der Waals surface area contributed by atoms with E-state index in [2.05, 4.69) is 21.3 Å². The van der Waals surface area contributed by atoms with Crippen LogP contribution in [0.3, 0.4) is 0 Å². The Bertz CT molecular complexity index is 666. The van der Waals surface area contributed by atoms with Gasteiger partial charge in [-0.25, -0.2) is 4.79 Å². The molecule has 2 amide bonds. The lowest BCUT2D eigenvalue weighted by molar-refractivity contribution is 0.172. The standard InChI is InChI=1S/C19H27N3O2/c1-14-7-4-5-9-17(14)18(23)13-20-19(24)21-15(2)10-11-16-8-6-12-22(16)3/h4-9,12,15,18,23H,10-11,13H2,1-3H3,(H2,20,21,24). The molecule has 0 spiro atoms. The monoisotopic (exact) mass is 329 g/mol. The number of aromatic nitrogens is 1. The highest BCUT2D eigenvalue weighted by molar-refractivity contribution is 5.74. The highest BCUT2D eigenvalue weighted by Crippen LogP contribution is 2.16. The van der Waals surface area contributed by atoms with Gasteiger partial charge in [-0.15, -0.1) is 0 Å². The highest BCUT2D eigenvalue weighted by atomic mass is 16.3. The van der Waals surface area contributed by atoms with E-state index in [0.29, 0.717) is 0 Å². The Morgan fingerprint density at radius 2 is 2.00 bits per heavy atom. The zero-order valence-corrected chi connectivity index (χ0v) is 14.6. The van der Waals surface area contributed by atoms with Crippen molar-refractivity contribution in [2.24, 2.45) is 7.05 Å². The number of hydrogen-bond donors (Lipinski definition) is 3. The predicted octanol–water partition coefficient (Wildman–Crippen LogP) is 2.69. The molecule has 0 aliphatic rings. The van der Waals surface area contributed by atoms with Crippen LogP contribution in [0.15, 0.2) is 42.6 Å². The number of benzene rings is 1. The van der Waals surface area contributed by atoms with Crippen LogP contribution in [0.4, 0.5) is 4.79 Å². The number of hydrogen-bond acceptors (Lipinski definition) is 2. The molecule has 2 unspecified atom stereocenters. The van der Waals surface area contributed by atoms with Gasteiger partial charge in [0.15, 0.2) is 0 Å². The molecule has 1 aromatic carbocycles. The van der Waals surface area contributed by atoms with Crippen LogP contribution in [0.1, 0.15) is 36.3 Å². The summed E-state index contributed by atoms with van der Waals surface area (Å²) < 4.78 is 2.09. The van der Waals surface area contributed by atoms with Crippen molar-refractivity contribution in [2.75, 3.05) is 6.54 Å². The van der Waals surface area contributed by atoms with Crippen molar-refractivity contribution in [3.8, 4) is 0 Å². The third-order valence-electron chi connectivity index (χ3n) is 4.27. The minimum Gasteiger partial charge on any atom is -0.387 e. The summed E-state index contributed by atoms with van der Waals surface area (Å²) in [4.78, 5) is 12.0. The van der Waals surface area contributed by atoms with Crippen molar-refractivity contribution in [1.82, 2.24) is 15.2 Å². The number of nitrogens with one attached hydrogen (secondary N) is 2. The minimum absolute atomic E-state index is 0.0653. The van der Waals surface area contributed by atoms with E-state index in [1.54, 1.807) is 0 Å². The fourth-order valence-corrected chi connectivity index (χ4v) is 2.73. The van der Waals surface area contributed by atoms with Gasteiger partial charge in [0.1, 0.15) is 0 Å². The molecule has 2 atom stereocenters. The Hall–Kier alpha value is -2.27. The lowest BCUT2D eigenvalue weighted by atomic mass is 10.0. The largest absolute Gasteiger partial charge is 0.387 e. The average Bonchev–Trinajstić information content (AvgIpc) is 2.96. The fourth-order valence-electron chi connectivity index (χ4n) is 2.73. The first-order valence-corrected chi connectivity index (χ1v) is 8.35. The second-order valence-electron chi connectivity index (χ2n) is 6.28. The lowest BCUT2D eigenvalue weighted by Gasteiger charge is -2.17. The number of aryl methyl sites for hydroxylation is 3. The second-order valence-corrected chi connectivity index (χ2v) is 6.28. The van der Waals surface area contributed by atoms with E-state index in [1.807, 2.05) is 57.4 Å². The van der Waals surface area contributed by atoms with Crippen LogP contribution < -0.4 is 10.6 Å². The smallest absolute Gasteiger partial charge is 0.315 e. The molecule has 0 saturated carbocycles. The number of urea groups is 1. The molecule has 5 heteroatoms. The molecule has 0 fully saturated rings. The van der Waals surface area contributed by atoms with Crippen LogP contribution in [0.2, 0.25) is 0 Å². The zero-order chi connectivity index (χ0) is 17.5. The summed E-state index contributed by atoms with van der Waals surface area (Å²) in [7, 11) is 2.02. The number of amides is 2. The second kappa shape index (κ2) is 8.55. The van der Waals surface area contributed by atoms with Crippen molar-refractivity contribution < 1.29 is 9.90 Å².